The highest BCUT2D eigenvalue weighted by Crippen LogP contribution is 2.48. The molecule has 0 radical (unpaired) electrons. The van der Waals surface area contributed by atoms with Crippen LogP contribution in [0.3, 0.4) is 0 Å². The Bertz CT molecular complexity index is 840. The van der Waals surface area contributed by atoms with Gasteiger partial charge in [0.05, 0.1) is 5.54 Å². The topological polar surface area (TPSA) is 23.3 Å². The Hall–Kier alpha value is -2.91. The van der Waals surface area contributed by atoms with E-state index in [9.17, 15) is 4.79 Å². The fourth-order valence-corrected chi connectivity index (χ4v) is 4.50. The molecular weight excluding hydrogens is 356 g/mol. The first kappa shape index (κ1) is 19.4. The van der Waals surface area contributed by atoms with E-state index in [-0.39, 0.29) is 11.9 Å². The van der Waals surface area contributed by atoms with Crippen LogP contribution in [0.5, 0.6) is 0 Å². The lowest BCUT2D eigenvalue weighted by atomic mass is 9.76. The number of nitrogens with zero attached hydrogens (tertiary/aromatic N) is 2. The molecule has 1 saturated heterocycles. The molecule has 1 fully saturated rings. The first-order valence-electron chi connectivity index (χ1n) is 10.5. The van der Waals surface area contributed by atoms with Gasteiger partial charge in [0.15, 0.2) is 0 Å². The third-order valence-corrected chi connectivity index (χ3v) is 5.98. The maximum absolute atomic E-state index is 13.2. The van der Waals surface area contributed by atoms with Gasteiger partial charge in [-0.3, -0.25) is 9.69 Å². The molecule has 1 aliphatic rings. The molecule has 1 heterocycles. The minimum absolute atomic E-state index is 0.101. The van der Waals surface area contributed by atoms with E-state index in [4.69, 9.17) is 0 Å². The summed E-state index contributed by atoms with van der Waals surface area (Å²) in [6.45, 7) is 6.34. The van der Waals surface area contributed by atoms with Crippen LogP contribution in [0.25, 0.3) is 0 Å². The second-order valence-electron chi connectivity index (χ2n) is 7.49. The van der Waals surface area contributed by atoms with Crippen LogP contribution in [-0.2, 0) is 10.3 Å². The van der Waals surface area contributed by atoms with Crippen molar-refractivity contribution in [2.75, 3.05) is 19.6 Å². The van der Waals surface area contributed by atoms with Gasteiger partial charge in [-0.05, 0) is 30.5 Å². The second-order valence-corrected chi connectivity index (χ2v) is 7.49. The molecule has 0 N–H and O–H groups in total. The van der Waals surface area contributed by atoms with Crippen molar-refractivity contribution in [3.05, 3.63) is 108 Å². The minimum atomic E-state index is -0.489. The van der Waals surface area contributed by atoms with E-state index in [1.54, 1.807) is 0 Å². The number of hydrogen-bond donors (Lipinski definition) is 0. The third-order valence-electron chi connectivity index (χ3n) is 5.98. The quantitative estimate of drug-likeness (QED) is 0.441. The Morgan fingerprint density at radius 2 is 1.17 bits per heavy atom. The molecule has 148 valence electrons. The van der Waals surface area contributed by atoms with E-state index in [1.807, 2.05) is 36.9 Å². The predicted octanol–water partition coefficient (Wildman–Crippen LogP) is 4.53. The van der Waals surface area contributed by atoms with Crippen LogP contribution in [0.4, 0.5) is 0 Å². The number of rotatable bonds is 7. The van der Waals surface area contributed by atoms with Gasteiger partial charge >= 0.3 is 0 Å². The fraction of sp³-hybridized carbons (Fsp3) is 0.269. The van der Waals surface area contributed by atoms with Gasteiger partial charge in [0.1, 0.15) is 6.04 Å². The van der Waals surface area contributed by atoms with E-state index in [2.05, 4.69) is 77.7 Å². The van der Waals surface area contributed by atoms with Crippen LogP contribution < -0.4 is 0 Å². The number of benzene rings is 3. The van der Waals surface area contributed by atoms with Crippen LogP contribution in [0.15, 0.2) is 91.0 Å². The molecule has 29 heavy (non-hydrogen) atoms. The Morgan fingerprint density at radius 1 is 0.793 bits per heavy atom. The normalized spacial score (nSPS) is 18.3. The van der Waals surface area contributed by atoms with Gasteiger partial charge in [-0.2, -0.15) is 0 Å². The molecule has 0 spiro atoms. The second kappa shape index (κ2) is 8.22. The summed E-state index contributed by atoms with van der Waals surface area (Å²) in [4.78, 5) is 17.5. The maximum Gasteiger partial charge on any atom is 0.241 e. The lowest BCUT2D eigenvalue weighted by Gasteiger charge is -2.38. The fourth-order valence-electron chi connectivity index (χ4n) is 4.50. The SMILES string of the molecule is CCN(CC)C(=O)[C@H]1CN1C(c1ccccc1)(c1ccccc1)c1ccccc1. The Balaban J connectivity index is 1.90. The van der Waals surface area contributed by atoms with Crippen molar-refractivity contribution in [3.63, 3.8) is 0 Å². The molecule has 3 aromatic rings. The minimum Gasteiger partial charge on any atom is -0.342 e. The van der Waals surface area contributed by atoms with Crippen molar-refractivity contribution >= 4 is 5.91 Å². The molecule has 1 aliphatic heterocycles. The highest BCUT2D eigenvalue weighted by molar-refractivity contribution is 5.85. The van der Waals surface area contributed by atoms with Gasteiger partial charge in [0.2, 0.25) is 5.91 Å². The summed E-state index contributed by atoms with van der Waals surface area (Å²) < 4.78 is 0. The molecule has 0 aromatic heterocycles. The number of carbonyl (C=O) groups is 1. The molecule has 0 aliphatic carbocycles. The van der Waals surface area contributed by atoms with E-state index in [1.165, 1.54) is 16.7 Å². The van der Waals surface area contributed by atoms with E-state index < -0.39 is 5.54 Å². The van der Waals surface area contributed by atoms with Gasteiger partial charge in [-0.15, -0.1) is 0 Å². The summed E-state index contributed by atoms with van der Waals surface area (Å²) >= 11 is 0. The Morgan fingerprint density at radius 3 is 1.52 bits per heavy atom. The summed E-state index contributed by atoms with van der Waals surface area (Å²) in [5.41, 5.74) is 3.07. The van der Waals surface area contributed by atoms with Gasteiger partial charge in [0, 0.05) is 19.6 Å². The molecule has 0 saturated carbocycles. The van der Waals surface area contributed by atoms with Crippen molar-refractivity contribution in [2.45, 2.75) is 25.4 Å². The number of carbonyl (C=O) groups excluding carboxylic acids is 1. The Kier molecular flexibility index (Phi) is 5.50. The smallest absolute Gasteiger partial charge is 0.241 e. The van der Waals surface area contributed by atoms with Crippen molar-refractivity contribution < 1.29 is 4.79 Å². The lowest BCUT2D eigenvalue weighted by Crippen LogP contribution is -2.43. The van der Waals surface area contributed by atoms with Crippen molar-refractivity contribution in [3.8, 4) is 0 Å². The molecule has 2 atom stereocenters. The van der Waals surface area contributed by atoms with Crippen molar-refractivity contribution in [2.24, 2.45) is 0 Å². The summed E-state index contributed by atoms with van der Waals surface area (Å²) in [5, 5.41) is 0. The van der Waals surface area contributed by atoms with Crippen LogP contribution in [0.2, 0.25) is 0 Å². The van der Waals surface area contributed by atoms with Crippen molar-refractivity contribution in [1.82, 2.24) is 9.80 Å². The largest absolute Gasteiger partial charge is 0.342 e. The van der Waals surface area contributed by atoms with Crippen LogP contribution >= 0.6 is 0 Å². The first-order valence-corrected chi connectivity index (χ1v) is 10.5. The standard InChI is InChI=1S/C26H28N2O/c1-3-27(4-2)25(29)24-20-28(24)26(21-14-8-5-9-15-21,22-16-10-6-11-17-22)23-18-12-7-13-19-23/h5-19,24H,3-4,20H2,1-2H3/t24-,28?/m1/s1. The monoisotopic (exact) mass is 384 g/mol. The van der Waals surface area contributed by atoms with E-state index >= 15 is 0 Å². The highest BCUT2D eigenvalue weighted by atomic mass is 16.2. The summed E-state index contributed by atoms with van der Waals surface area (Å²) in [7, 11) is 0. The van der Waals surface area contributed by atoms with Gasteiger partial charge in [0.25, 0.3) is 0 Å². The van der Waals surface area contributed by atoms with Gasteiger partial charge in [-0.25, -0.2) is 0 Å². The third kappa shape index (κ3) is 3.36. The van der Waals surface area contributed by atoms with Gasteiger partial charge in [-0.1, -0.05) is 91.0 Å². The number of amides is 1. The molecule has 1 unspecified atom stereocenters. The average Bonchev–Trinajstić information content (AvgIpc) is 3.58. The zero-order chi connectivity index (χ0) is 20.3. The molecule has 3 aromatic carbocycles. The number of hydrogen-bond acceptors (Lipinski definition) is 2. The lowest BCUT2D eigenvalue weighted by molar-refractivity contribution is -0.131. The van der Waals surface area contributed by atoms with Crippen molar-refractivity contribution in [1.29, 1.82) is 0 Å². The zero-order valence-electron chi connectivity index (χ0n) is 17.2. The Labute approximate surface area is 173 Å². The van der Waals surface area contributed by atoms with Crippen LogP contribution in [-0.4, -0.2) is 41.4 Å². The molecule has 3 nitrogen and oxygen atoms in total. The highest BCUT2D eigenvalue weighted by Gasteiger charge is 2.56. The van der Waals surface area contributed by atoms with Crippen LogP contribution in [0.1, 0.15) is 30.5 Å². The molecule has 4 rings (SSSR count). The van der Waals surface area contributed by atoms with Crippen LogP contribution in [0, 0.1) is 0 Å². The first-order chi connectivity index (χ1) is 14.2. The van der Waals surface area contributed by atoms with E-state index in [0.29, 0.717) is 0 Å². The summed E-state index contributed by atoms with van der Waals surface area (Å²) in [6.07, 6.45) is 0. The predicted molar refractivity (Wildman–Crippen MR) is 118 cm³/mol. The maximum atomic E-state index is 13.2. The summed E-state index contributed by atoms with van der Waals surface area (Å²) in [5.74, 6) is 0.224. The van der Waals surface area contributed by atoms with Gasteiger partial charge < -0.3 is 4.90 Å². The molecule has 1 amide bonds. The zero-order valence-corrected chi connectivity index (χ0v) is 17.2. The molecule has 0 bridgehead atoms. The molecular formula is C26H28N2O. The summed E-state index contributed by atoms with van der Waals surface area (Å²) in [6, 6.07) is 31.6. The van der Waals surface area contributed by atoms with E-state index in [0.717, 1.165) is 19.6 Å². The average molecular weight is 385 g/mol. The molecule has 3 heteroatoms. The number of likely N-dealkylation sites (N-methyl/N-ethyl adjacent to an activating group) is 1.